The first kappa shape index (κ1) is 12.0. The van der Waals surface area contributed by atoms with Crippen LogP contribution in [0.2, 0.25) is 0 Å². The van der Waals surface area contributed by atoms with Gasteiger partial charge in [0.05, 0.1) is 11.2 Å². The molecule has 3 aromatic rings. The van der Waals surface area contributed by atoms with Crippen molar-refractivity contribution in [3.63, 3.8) is 0 Å². The molecular formula is C15H18N4. The predicted octanol–water partition coefficient (Wildman–Crippen LogP) is 3.40. The number of fused-ring (bicyclic) bond motifs is 3. The van der Waals surface area contributed by atoms with E-state index >= 15 is 0 Å². The van der Waals surface area contributed by atoms with Crippen LogP contribution >= 0.6 is 0 Å². The van der Waals surface area contributed by atoms with Gasteiger partial charge in [0.2, 0.25) is 0 Å². The molecule has 1 aromatic carbocycles. The molecule has 0 spiro atoms. The van der Waals surface area contributed by atoms with Crippen LogP contribution in [0.1, 0.15) is 26.0 Å². The fourth-order valence-corrected chi connectivity index (χ4v) is 2.22. The lowest BCUT2D eigenvalue weighted by molar-refractivity contribution is 0.760. The summed E-state index contributed by atoms with van der Waals surface area (Å²) in [4.78, 5) is 4.70. The Balaban J connectivity index is 2.29. The van der Waals surface area contributed by atoms with E-state index in [9.17, 15) is 0 Å². The summed E-state index contributed by atoms with van der Waals surface area (Å²) in [6, 6.07) is 10.7. The fraction of sp³-hybridized carbons (Fsp3) is 0.333. The highest BCUT2D eigenvalue weighted by molar-refractivity contribution is 5.91. The topological polar surface area (TPSA) is 42.2 Å². The Morgan fingerprint density at radius 1 is 1.32 bits per heavy atom. The third kappa shape index (κ3) is 2.03. The maximum Gasteiger partial charge on any atom is 0.158 e. The van der Waals surface area contributed by atoms with Gasteiger partial charge in [-0.1, -0.05) is 19.1 Å². The van der Waals surface area contributed by atoms with Crippen LogP contribution < -0.4 is 5.32 Å². The molecular weight excluding hydrogens is 236 g/mol. The second kappa shape index (κ2) is 4.53. The van der Waals surface area contributed by atoms with E-state index in [0.717, 1.165) is 34.5 Å². The molecule has 0 saturated carbocycles. The van der Waals surface area contributed by atoms with Gasteiger partial charge in [-0.25, -0.2) is 9.50 Å². The molecule has 0 fully saturated rings. The van der Waals surface area contributed by atoms with E-state index in [4.69, 9.17) is 4.98 Å². The van der Waals surface area contributed by atoms with Crippen molar-refractivity contribution >= 4 is 22.4 Å². The van der Waals surface area contributed by atoms with Crippen molar-refractivity contribution in [2.24, 2.45) is 0 Å². The van der Waals surface area contributed by atoms with E-state index in [0.29, 0.717) is 6.04 Å². The van der Waals surface area contributed by atoms with Crippen molar-refractivity contribution in [1.82, 2.24) is 14.6 Å². The molecule has 3 rings (SSSR count). The molecule has 0 saturated heterocycles. The Morgan fingerprint density at radius 2 is 2.11 bits per heavy atom. The number of anilines is 1. The Labute approximate surface area is 112 Å². The largest absolute Gasteiger partial charge is 0.367 e. The third-order valence-electron chi connectivity index (χ3n) is 3.42. The molecule has 0 bridgehead atoms. The number of rotatable bonds is 3. The molecule has 1 atom stereocenters. The van der Waals surface area contributed by atoms with Crippen molar-refractivity contribution < 1.29 is 0 Å². The summed E-state index contributed by atoms with van der Waals surface area (Å²) < 4.78 is 1.91. The number of nitrogens with one attached hydrogen (secondary N) is 1. The molecule has 0 aliphatic rings. The third-order valence-corrected chi connectivity index (χ3v) is 3.42. The Kier molecular flexibility index (Phi) is 2.85. The Bertz CT molecular complexity index is 729. The van der Waals surface area contributed by atoms with Gasteiger partial charge in [0.25, 0.3) is 0 Å². The van der Waals surface area contributed by atoms with Gasteiger partial charge in [0, 0.05) is 17.5 Å². The molecule has 0 amide bonds. The zero-order chi connectivity index (χ0) is 13.4. The second-order valence-electron chi connectivity index (χ2n) is 4.99. The second-order valence-corrected chi connectivity index (χ2v) is 4.99. The molecule has 0 aliphatic heterocycles. The van der Waals surface area contributed by atoms with Crippen molar-refractivity contribution in [3.05, 3.63) is 36.0 Å². The molecule has 2 aromatic heterocycles. The van der Waals surface area contributed by atoms with Crippen molar-refractivity contribution in [2.45, 2.75) is 33.2 Å². The average Bonchev–Trinajstić information content (AvgIpc) is 2.79. The minimum absolute atomic E-state index is 0.405. The van der Waals surface area contributed by atoms with Crippen LogP contribution in [0.4, 0.5) is 5.82 Å². The van der Waals surface area contributed by atoms with Gasteiger partial charge < -0.3 is 5.32 Å². The van der Waals surface area contributed by atoms with Crippen LogP contribution in [-0.4, -0.2) is 20.6 Å². The van der Waals surface area contributed by atoms with Gasteiger partial charge in [-0.15, -0.1) is 0 Å². The lowest BCUT2D eigenvalue weighted by atomic mass is 10.2. The summed E-state index contributed by atoms with van der Waals surface area (Å²) in [5, 5.41) is 9.10. The molecule has 4 heteroatoms. The highest BCUT2D eigenvalue weighted by Crippen LogP contribution is 2.24. The zero-order valence-electron chi connectivity index (χ0n) is 11.5. The fourth-order valence-electron chi connectivity index (χ4n) is 2.22. The van der Waals surface area contributed by atoms with Crippen LogP contribution in [0.25, 0.3) is 16.6 Å². The van der Waals surface area contributed by atoms with Crippen LogP contribution in [0.5, 0.6) is 0 Å². The summed E-state index contributed by atoms with van der Waals surface area (Å²) in [6.45, 7) is 6.33. The molecule has 19 heavy (non-hydrogen) atoms. The molecule has 1 unspecified atom stereocenters. The summed E-state index contributed by atoms with van der Waals surface area (Å²) >= 11 is 0. The lowest BCUT2D eigenvalue weighted by Gasteiger charge is -2.14. The average molecular weight is 254 g/mol. The van der Waals surface area contributed by atoms with Gasteiger partial charge in [-0.3, -0.25) is 0 Å². The smallest absolute Gasteiger partial charge is 0.158 e. The summed E-state index contributed by atoms with van der Waals surface area (Å²) in [6.07, 6.45) is 1.07. The molecule has 0 radical (unpaired) electrons. The number of para-hydroxylation sites is 1. The highest BCUT2D eigenvalue weighted by atomic mass is 15.3. The van der Waals surface area contributed by atoms with Crippen LogP contribution in [0.3, 0.4) is 0 Å². The van der Waals surface area contributed by atoms with Gasteiger partial charge in [0.15, 0.2) is 5.65 Å². The number of nitrogens with zero attached hydrogens (tertiary/aromatic N) is 3. The Hall–Kier alpha value is -2.10. The van der Waals surface area contributed by atoms with E-state index in [2.05, 4.69) is 36.4 Å². The van der Waals surface area contributed by atoms with E-state index in [1.165, 1.54) is 0 Å². The number of hydrogen-bond acceptors (Lipinski definition) is 3. The number of hydrogen-bond donors (Lipinski definition) is 1. The molecule has 2 heterocycles. The first-order chi connectivity index (χ1) is 9.19. The predicted molar refractivity (Wildman–Crippen MR) is 78.6 cm³/mol. The SMILES string of the molecule is CCC(C)Nc1nc2cc(C)nn2c2ccccc12. The molecule has 4 nitrogen and oxygen atoms in total. The maximum absolute atomic E-state index is 4.70. The van der Waals surface area contributed by atoms with Gasteiger partial charge >= 0.3 is 0 Å². The van der Waals surface area contributed by atoms with E-state index in [1.807, 2.05) is 29.6 Å². The van der Waals surface area contributed by atoms with Gasteiger partial charge in [0.1, 0.15) is 5.82 Å². The van der Waals surface area contributed by atoms with Crippen LogP contribution in [0, 0.1) is 6.92 Å². The minimum atomic E-state index is 0.405. The monoisotopic (exact) mass is 254 g/mol. The van der Waals surface area contributed by atoms with E-state index < -0.39 is 0 Å². The van der Waals surface area contributed by atoms with Crippen molar-refractivity contribution in [1.29, 1.82) is 0 Å². The molecule has 98 valence electrons. The number of aromatic nitrogens is 3. The van der Waals surface area contributed by atoms with Crippen LogP contribution in [0.15, 0.2) is 30.3 Å². The number of benzene rings is 1. The molecule has 0 aliphatic carbocycles. The Morgan fingerprint density at radius 3 is 2.89 bits per heavy atom. The first-order valence-electron chi connectivity index (χ1n) is 6.70. The van der Waals surface area contributed by atoms with Gasteiger partial charge in [-0.05, 0) is 32.4 Å². The standard InChI is InChI=1S/C15H18N4/c1-4-10(2)16-15-12-7-5-6-8-13(12)19-14(17-15)9-11(3)18-19/h5-10H,4H2,1-3H3,(H,16,17). The number of aryl methyl sites for hydroxylation is 1. The first-order valence-corrected chi connectivity index (χ1v) is 6.70. The van der Waals surface area contributed by atoms with E-state index in [-0.39, 0.29) is 0 Å². The van der Waals surface area contributed by atoms with Gasteiger partial charge in [-0.2, -0.15) is 5.10 Å². The zero-order valence-corrected chi connectivity index (χ0v) is 11.5. The normalized spacial score (nSPS) is 13.0. The maximum atomic E-state index is 4.70. The summed E-state index contributed by atoms with van der Waals surface area (Å²) in [5.41, 5.74) is 2.96. The van der Waals surface area contributed by atoms with E-state index in [1.54, 1.807) is 0 Å². The quantitative estimate of drug-likeness (QED) is 0.779. The minimum Gasteiger partial charge on any atom is -0.367 e. The van der Waals surface area contributed by atoms with Crippen molar-refractivity contribution in [2.75, 3.05) is 5.32 Å². The summed E-state index contributed by atoms with van der Waals surface area (Å²) in [7, 11) is 0. The van der Waals surface area contributed by atoms with Crippen molar-refractivity contribution in [3.8, 4) is 0 Å². The lowest BCUT2D eigenvalue weighted by Crippen LogP contribution is -2.15. The van der Waals surface area contributed by atoms with Crippen LogP contribution in [-0.2, 0) is 0 Å². The summed E-state index contributed by atoms with van der Waals surface area (Å²) in [5.74, 6) is 0.942. The highest BCUT2D eigenvalue weighted by Gasteiger charge is 2.10. The molecule has 1 N–H and O–H groups in total.